The van der Waals surface area contributed by atoms with Crippen LogP contribution >= 0.6 is 35.3 Å². The van der Waals surface area contributed by atoms with E-state index in [0.717, 1.165) is 30.1 Å². The summed E-state index contributed by atoms with van der Waals surface area (Å²) in [4.78, 5) is 18.7. The van der Waals surface area contributed by atoms with E-state index < -0.39 is 0 Å². The third kappa shape index (κ3) is 8.60. The summed E-state index contributed by atoms with van der Waals surface area (Å²) in [6.45, 7) is 6.97. The van der Waals surface area contributed by atoms with Gasteiger partial charge in [-0.3, -0.25) is 9.79 Å². The molecule has 28 heavy (non-hydrogen) atoms. The number of hydrogen-bond acceptors (Lipinski definition) is 3. The molecule has 7 heteroatoms. The zero-order valence-corrected chi connectivity index (χ0v) is 20.2. The van der Waals surface area contributed by atoms with E-state index in [2.05, 4.69) is 46.9 Å². The van der Waals surface area contributed by atoms with Crippen molar-refractivity contribution in [2.75, 3.05) is 12.4 Å². The summed E-state index contributed by atoms with van der Waals surface area (Å²) >= 11 is 1.84. The van der Waals surface area contributed by atoms with Crippen molar-refractivity contribution in [3.05, 3.63) is 51.7 Å². The second-order valence-electron chi connectivity index (χ2n) is 6.68. The molecule has 0 radical (unpaired) electrons. The molecule has 0 saturated carbocycles. The highest BCUT2D eigenvalue weighted by atomic mass is 127. The van der Waals surface area contributed by atoms with Crippen LogP contribution in [0.5, 0.6) is 0 Å². The fourth-order valence-electron chi connectivity index (χ4n) is 2.72. The molecule has 0 aliphatic heterocycles. The molecule has 2 rings (SSSR count). The third-order valence-electron chi connectivity index (χ3n) is 4.08. The van der Waals surface area contributed by atoms with Crippen molar-refractivity contribution in [2.24, 2.45) is 4.99 Å². The van der Waals surface area contributed by atoms with Gasteiger partial charge in [0, 0.05) is 47.9 Å². The van der Waals surface area contributed by atoms with Gasteiger partial charge in [0.2, 0.25) is 5.91 Å². The summed E-state index contributed by atoms with van der Waals surface area (Å²) in [6.07, 6.45) is 2.38. The maximum Gasteiger partial charge on any atom is 0.224 e. The molecule has 1 amide bonds. The van der Waals surface area contributed by atoms with Gasteiger partial charge < -0.3 is 16.0 Å². The SMILES string of the molecule is CCCC(=O)Nc1ccc(CNC(=NC)NC(C)Cc2ccc(C)s2)cc1.I. The van der Waals surface area contributed by atoms with E-state index >= 15 is 0 Å². The Morgan fingerprint density at radius 1 is 1.18 bits per heavy atom. The summed E-state index contributed by atoms with van der Waals surface area (Å²) in [5, 5.41) is 9.68. The minimum Gasteiger partial charge on any atom is -0.354 e. The number of carbonyl (C=O) groups excluding carboxylic acids is 1. The van der Waals surface area contributed by atoms with E-state index in [1.165, 1.54) is 9.75 Å². The van der Waals surface area contributed by atoms with Crippen molar-refractivity contribution in [3.63, 3.8) is 0 Å². The van der Waals surface area contributed by atoms with Crippen LogP contribution in [0.25, 0.3) is 0 Å². The molecule has 2 aromatic rings. The van der Waals surface area contributed by atoms with Crippen LogP contribution in [0.3, 0.4) is 0 Å². The number of rotatable bonds is 8. The van der Waals surface area contributed by atoms with Crippen molar-refractivity contribution in [3.8, 4) is 0 Å². The maximum atomic E-state index is 11.6. The largest absolute Gasteiger partial charge is 0.354 e. The van der Waals surface area contributed by atoms with Crippen molar-refractivity contribution < 1.29 is 4.79 Å². The number of carbonyl (C=O) groups is 1. The number of amides is 1. The van der Waals surface area contributed by atoms with Crippen LogP contribution in [0.4, 0.5) is 5.69 Å². The quantitative estimate of drug-likeness (QED) is 0.272. The van der Waals surface area contributed by atoms with Gasteiger partial charge in [-0.05, 0) is 50.1 Å². The van der Waals surface area contributed by atoms with Gasteiger partial charge in [-0.15, -0.1) is 35.3 Å². The van der Waals surface area contributed by atoms with Gasteiger partial charge >= 0.3 is 0 Å². The Balaban J connectivity index is 0.00000392. The first-order valence-corrected chi connectivity index (χ1v) is 10.2. The smallest absolute Gasteiger partial charge is 0.224 e. The fourth-order valence-corrected chi connectivity index (χ4v) is 3.74. The minimum atomic E-state index is 0. The zero-order valence-electron chi connectivity index (χ0n) is 17.0. The van der Waals surface area contributed by atoms with E-state index in [0.29, 0.717) is 19.0 Å². The molecule has 0 saturated heterocycles. The molecule has 0 spiro atoms. The van der Waals surface area contributed by atoms with Crippen molar-refractivity contribution >= 4 is 52.9 Å². The van der Waals surface area contributed by atoms with Gasteiger partial charge in [-0.2, -0.15) is 0 Å². The van der Waals surface area contributed by atoms with Crippen LogP contribution in [0.1, 0.15) is 42.0 Å². The number of hydrogen-bond donors (Lipinski definition) is 3. The maximum absolute atomic E-state index is 11.6. The predicted molar refractivity (Wildman–Crippen MR) is 131 cm³/mol. The van der Waals surface area contributed by atoms with Gasteiger partial charge in [0.15, 0.2) is 5.96 Å². The number of halogens is 1. The lowest BCUT2D eigenvalue weighted by Gasteiger charge is -2.17. The molecule has 1 aromatic carbocycles. The molecular formula is C21H31IN4OS. The number of thiophene rings is 1. The highest BCUT2D eigenvalue weighted by molar-refractivity contribution is 14.0. The summed E-state index contributed by atoms with van der Waals surface area (Å²) in [5.41, 5.74) is 1.97. The predicted octanol–water partition coefficient (Wildman–Crippen LogP) is 4.71. The Labute approximate surface area is 189 Å². The van der Waals surface area contributed by atoms with Crippen molar-refractivity contribution in [1.82, 2.24) is 10.6 Å². The Kier molecular flexibility index (Phi) is 11.1. The average molecular weight is 514 g/mol. The first-order chi connectivity index (χ1) is 13.0. The molecule has 154 valence electrons. The van der Waals surface area contributed by atoms with Crippen LogP contribution in [-0.4, -0.2) is 25.0 Å². The fraction of sp³-hybridized carbons (Fsp3) is 0.429. The van der Waals surface area contributed by atoms with Crippen LogP contribution < -0.4 is 16.0 Å². The first-order valence-electron chi connectivity index (χ1n) is 9.41. The second-order valence-corrected chi connectivity index (χ2v) is 8.06. The Morgan fingerprint density at radius 2 is 1.89 bits per heavy atom. The lowest BCUT2D eigenvalue weighted by molar-refractivity contribution is -0.116. The van der Waals surface area contributed by atoms with Crippen LogP contribution in [0.2, 0.25) is 0 Å². The topological polar surface area (TPSA) is 65.5 Å². The standard InChI is InChI=1S/C21H30N4OS.HI/c1-5-6-20(26)25-18-10-8-17(9-11-18)14-23-21(22-4)24-15(2)13-19-12-7-16(3)27-19;/h7-12,15H,5-6,13-14H2,1-4H3,(H,25,26)(H2,22,23,24);1H. The van der Waals surface area contributed by atoms with E-state index in [1.807, 2.05) is 42.5 Å². The highest BCUT2D eigenvalue weighted by Gasteiger charge is 2.08. The molecular weight excluding hydrogens is 483 g/mol. The minimum absolute atomic E-state index is 0. The number of benzene rings is 1. The number of aliphatic imine (C=N–C) groups is 1. The lowest BCUT2D eigenvalue weighted by atomic mass is 10.2. The third-order valence-corrected chi connectivity index (χ3v) is 5.11. The molecule has 0 aliphatic carbocycles. The average Bonchev–Trinajstić information content (AvgIpc) is 3.04. The molecule has 5 nitrogen and oxygen atoms in total. The molecule has 0 bridgehead atoms. The highest BCUT2D eigenvalue weighted by Crippen LogP contribution is 2.16. The van der Waals surface area contributed by atoms with E-state index in [4.69, 9.17) is 0 Å². The number of aryl methyl sites for hydroxylation is 1. The van der Waals surface area contributed by atoms with Crippen LogP contribution in [0.15, 0.2) is 41.4 Å². The number of anilines is 1. The van der Waals surface area contributed by atoms with Gasteiger partial charge in [-0.25, -0.2) is 0 Å². The summed E-state index contributed by atoms with van der Waals surface area (Å²) in [6, 6.07) is 12.5. The Hall–Kier alpha value is -1.61. The molecule has 0 fully saturated rings. The molecule has 0 aliphatic rings. The zero-order chi connectivity index (χ0) is 19.6. The molecule has 1 heterocycles. The van der Waals surface area contributed by atoms with Crippen molar-refractivity contribution in [2.45, 2.75) is 52.6 Å². The van der Waals surface area contributed by atoms with E-state index in [9.17, 15) is 4.79 Å². The monoisotopic (exact) mass is 514 g/mol. The molecule has 1 atom stereocenters. The number of guanidine groups is 1. The number of nitrogens with zero attached hydrogens (tertiary/aromatic N) is 1. The second kappa shape index (κ2) is 12.8. The van der Waals surface area contributed by atoms with Crippen LogP contribution in [-0.2, 0) is 17.8 Å². The van der Waals surface area contributed by atoms with Crippen molar-refractivity contribution in [1.29, 1.82) is 0 Å². The van der Waals surface area contributed by atoms with E-state index in [-0.39, 0.29) is 29.9 Å². The van der Waals surface area contributed by atoms with Crippen LogP contribution in [0, 0.1) is 6.92 Å². The van der Waals surface area contributed by atoms with Gasteiger partial charge in [0.25, 0.3) is 0 Å². The Bertz CT molecular complexity index is 758. The summed E-state index contributed by atoms with van der Waals surface area (Å²) in [7, 11) is 1.78. The molecule has 1 aromatic heterocycles. The van der Waals surface area contributed by atoms with Gasteiger partial charge in [0.05, 0.1) is 0 Å². The lowest BCUT2D eigenvalue weighted by Crippen LogP contribution is -2.42. The molecule has 3 N–H and O–H groups in total. The summed E-state index contributed by atoms with van der Waals surface area (Å²) in [5.74, 6) is 0.846. The van der Waals surface area contributed by atoms with Gasteiger partial charge in [-0.1, -0.05) is 19.1 Å². The first kappa shape index (κ1) is 24.4. The number of nitrogens with one attached hydrogen (secondary N) is 3. The van der Waals surface area contributed by atoms with Gasteiger partial charge in [0.1, 0.15) is 0 Å². The molecule has 1 unspecified atom stereocenters. The van der Waals surface area contributed by atoms with E-state index in [1.54, 1.807) is 7.05 Å². The Morgan fingerprint density at radius 3 is 2.46 bits per heavy atom. The summed E-state index contributed by atoms with van der Waals surface area (Å²) < 4.78 is 0. The normalized spacial score (nSPS) is 12.1.